The van der Waals surface area contributed by atoms with Crippen LogP contribution in [0.2, 0.25) is 0 Å². The van der Waals surface area contributed by atoms with Crippen LogP contribution in [0, 0.1) is 43.4 Å². The average molecular weight is 296 g/mol. The van der Waals surface area contributed by atoms with Gasteiger partial charge in [-0.2, -0.15) is 0 Å². The van der Waals surface area contributed by atoms with Crippen molar-refractivity contribution in [2.45, 2.75) is 19.3 Å². The van der Waals surface area contributed by atoms with Crippen molar-refractivity contribution in [2.24, 2.45) is 5.41 Å². The molecule has 2 unspecified atom stereocenters. The smallest absolute Gasteiger partial charge is 0.357 e. The van der Waals surface area contributed by atoms with Crippen molar-refractivity contribution < 1.29 is 14.3 Å². The maximum absolute atomic E-state index is 12.4. The van der Waals surface area contributed by atoms with Crippen LogP contribution in [0.1, 0.15) is 25.0 Å². The molecular weight excluding hydrogens is 276 g/mol. The monoisotopic (exact) mass is 296 g/mol. The lowest BCUT2D eigenvalue weighted by Crippen LogP contribution is -2.52. The van der Waals surface area contributed by atoms with Gasteiger partial charge in [0.25, 0.3) is 0 Å². The Morgan fingerprint density at radius 3 is 2.64 bits per heavy atom. The second-order valence-corrected chi connectivity index (χ2v) is 6.12. The number of ether oxygens (including phenoxy) is 2. The summed E-state index contributed by atoms with van der Waals surface area (Å²) >= 11 is 0. The first-order valence-electron chi connectivity index (χ1n) is 7.32. The van der Waals surface area contributed by atoms with Gasteiger partial charge in [-0.15, -0.1) is 0 Å². The molecular formula is C19H20O3+. The number of carbonyl (C=O) groups is 1. The molecule has 2 atom stereocenters. The number of rotatable bonds is 2. The van der Waals surface area contributed by atoms with Gasteiger partial charge in [-0.05, 0) is 38.0 Å². The van der Waals surface area contributed by atoms with E-state index in [-0.39, 0.29) is 11.4 Å². The Hall–Kier alpha value is -1.64. The highest BCUT2D eigenvalue weighted by atomic mass is 16.5. The average Bonchev–Trinajstić information content (AvgIpc) is 2.53. The lowest BCUT2D eigenvalue weighted by Gasteiger charge is -2.43. The zero-order valence-corrected chi connectivity index (χ0v) is 13.3. The van der Waals surface area contributed by atoms with Gasteiger partial charge in [-0.25, -0.2) is 4.79 Å². The Morgan fingerprint density at radius 2 is 1.95 bits per heavy atom. The van der Waals surface area contributed by atoms with Gasteiger partial charge in [0.15, 0.2) is 6.42 Å². The molecule has 2 aliphatic carbocycles. The number of hydrogen-bond acceptors (Lipinski definition) is 3. The van der Waals surface area contributed by atoms with E-state index in [0.29, 0.717) is 0 Å². The maximum Gasteiger partial charge on any atom is 0.357 e. The van der Waals surface area contributed by atoms with E-state index in [0.717, 1.165) is 22.8 Å². The zero-order chi connectivity index (χ0) is 16.0. The predicted molar refractivity (Wildman–Crippen MR) is 84.3 cm³/mol. The Morgan fingerprint density at radius 1 is 1.18 bits per heavy atom. The van der Waals surface area contributed by atoms with E-state index in [1.54, 1.807) is 7.11 Å². The van der Waals surface area contributed by atoms with Crippen LogP contribution >= 0.6 is 0 Å². The molecule has 0 aromatic heterocycles. The SMILES string of the molecule is COC(=O)C1(C)[CH][CH][CH]C2(C)c3cc(OC)ccc3[CH][CH][C+]12. The van der Waals surface area contributed by atoms with Crippen LogP contribution in [0.15, 0.2) is 18.2 Å². The molecule has 3 nitrogen and oxygen atoms in total. The highest BCUT2D eigenvalue weighted by molar-refractivity contribution is 5.85. The second kappa shape index (κ2) is 5.22. The van der Waals surface area contributed by atoms with E-state index in [4.69, 9.17) is 9.47 Å². The van der Waals surface area contributed by atoms with Gasteiger partial charge in [0.2, 0.25) is 5.41 Å². The molecule has 0 spiro atoms. The fourth-order valence-electron chi connectivity index (χ4n) is 3.55. The number of hydrogen-bond donors (Lipinski definition) is 0. The van der Waals surface area contributed by atoms with Crippen molar-refractivity contribution in [3.05, 3.63) is 67.3 Å². The van der Waals surface area contributed by atoms with E-state index < -0.39 is 5.41 Å². The van der Waals surface area contributed by atoms with Crippen molar-refractivity contribution in [3.8, 4) is 5.75 Å². The zero-order valence-electron chi connectivity index (χ0n) is 13.3. The molecule has 113 valence electrons. The maximum atomic E-state index is 12.4. The first-order chi connectivity index (χ1) is 10.5. The molecule has 5 radical (unpaired) electrons. The first-order valence-corrected chi connectivity index (χ1v) is 7.32. The van der Waals surface area contributed by atoms with Gasteiger partial charge in [-0.3, -0.25) is 0 Å². The topological polar surface area (TPSA) is 35.5 Å². The van der Waals surface area contributed by atoms with E-state index >= 15 is 0 Å². The van der Waals surface area contributed by atoms with E-state index in [9.17, 15) is 4.79 Å². The van der Waals surface area contributed by atoms with Gasteiger partial charge in [0.05, 0.1) is 14.2 Å². The third kappa shape index (κ3) is 2.02. The number of carbonyl (C=O) groups excluding carboxylic acids is 1. The predicted octanol–water partition coefficient (Wildman–Crippen LogP) is 3.10. The molecule has 3 rings (SSSR count). The van der Waals surface area contributed by atoms with Gasteiger partial charge in [0.1, 0.15) is 17.1 Å². The third-order valence-electron chi connectivity index (χ3n) is 4.84. The molecule has 0 N–H and O–H groups in total. The van der Waals surface area contributed by atoms with Crippen LogP contribution in [-0.2, 0) is 14.9 Å². The van der Waals surface area contributed by atoms with E-state index in [1.807, 2.05) is 44.4 Å². The van der Waals surface area contributed by atoms with Crippen molar-refractivity contribution in [1.82, 2.24) is 0 Å². The van der Waals surface area contributed by atoms with Crippen molar-refractivity contribution in [3.63, 3.8) is 0 Å². The quantitative estimate of drug-likeness (QED) is 0.621. The lowest BCUT2D eigenvalue weighted by atomic mass is 9.50. The summed E-state index contributed by atoms with van der Waals surface area (Å²) in [5.41, 5.74) is 1.18. The summed E-state index contributed by atoms with van der Waals surface area (Å²) in [5, 5.41) is 0. The molecule has 3 heteroatoms. The third-order valence-corrected chi connectivity index (χ3v) is 4.84. The van der Waals surface area contributed by atoms with Crippen LogP contribution < -0.4 is 4.74 Å². The molecule has 1 aromatic carbocycles. The summed E-state index contributed by atoms with van der Waals surface area (Å²) in [6, 6.07) is 6.05. The van der Waals surface area contributed by atoms with Crippen molar-refractivity contribution >= 4 is 5.97 Å². The molecule has 1 fully saturated rings. The summed E-state index contributed by atoms with van der Waals surface area (Å²) in [6.07, 6.45) is 10.1. The van der Waals surface area contributed by atoms with E-state index in [2.05, 4.69) is 19.8 Å². The van der Waals surface area contributed by atoms with Gasteiger partial charge in [-0.1, -0.05) is 6.07 Å². The second-order valence-electron chi connectivity index (χ2n) is 6.12. The standard InChI is InChI=1S/C19H20O3/c1-18-10-5-11-19(2,17(20)22-4)16(18)9-7-13-6-8-14(21-3)12-15(13)18/h5-12H,1-4H3/q+1. The fraction of sp³-hybridized carbons (Fsp3) is 0.316. The fourth-order valence-corrected chi connectivity index (χ4v) is 3.55. The number of esters is 1. The first kappa shape index (κ1) is 15.3. The van der Waals surface area contributed by atoms with Gasteiger partial charge >= 0.3 is 5.97 Å². The normalized spacial score (nSPS) is 30.3. The van der Waals surface area contributed by atoms with Crippen molar-refractivity contribution in [1.29, 1.82) is 0 Å². The summed E-state index contributed by atoms with van der Waals surface area (Å²) in [7, 11) is 3.09. The van der Waals surface area contributed by atoms with Crippen LogP contribution in [0.25, 0.3) is 0 Å². The Kier molecular flexibility index (Phi) is 3.62. The van der Waals surface area contributed by atoms with Crippen LogP contribution in [0.4, 0.5) is 0 Å². The highest BCUT2D eigenvalue weighted by Gasteiger charge is 2.66. The van der Waals surface area contributed by atoms with Crippen LogP contribution in [0.3, 0.4) is 0 Å². The minimum atomic E-state index is -0.754. The molecule has 0 bridgehead atoms. The minimum absolute atomic E-state index is 0.242. The van der Waals surface area contributed by atoms with Crippen molar-refractivity contribution in [2.75, 3.05) is 14.2 Å². The minimum Gasteiger partial charge on any atom is -0.497 e. The molecule has 1 saturated carbocycles. The summed E-state index contributed by atoms with van der Waals surface area (Å²) in [4.78, 5) is 12.4. The highest BCUT2D eigenvalue weighted by Crippen LogP contribution is 2.58. The van der Waals surface area contributed by atoms with E-state index in [1.165, 1.54) is 7.11 Å². The summed E-state index contributed by atoms with van der Waals surface area (Å²) < 4.78 is 10.4. The van der Waals surface area contributed by atoms with Gasteiger partial charge in [0, 0.05) is 24.8 Å². The summed E-state index contributed by atoms with van der Waals surface area (Å²) in [6.45, 7) is 4.04. The molecule has 0 heterocycles. The summed E-state index contributed by atoms with van der Waals surface area (Å²) in [5.74, 6) is 1.60. The molecule has 0 aliphatic heterocycles. The lowest BCUT2D eigenvalue weighted by molar-refractivity contribution is -0.149. The van der Waals surface area contributed by atoms with Crippen LogP contribution in [0.5, 0.6) is 5.75 Å². The number of fused-ring (bicyclic) bond motifs is 3. The van der Waals surface area contributed by atoms with Crippen LogP contribution in [-0.4, -0.2) is 20.2 Å². The molecule has 22 heavy (non-hydrogen) atoms. The molecule has 0 amide bonds. The molecule has 2 aliphatic rings. The Labute approximate surface area is 133 Å². The molecule has 0 saturated heterocycles. The Bertz CT molecular complexity index is 594. The number of methoxy groups -OCH3 is 2. The Balaban J connectivity index is 2.09. The van der Waals surface area contributed by atoms with Gasteiger partial charge < -0.3 is 9.47 Å². The molecule has 1 aromatic rings. The number of benzene rings is 1. The largest absolute Gasteiger partial charge is 0.497 e.